The fourth-order valence-electron chi connectivity index (χ4n) is 8.33. The Morgan fingerprint density at radius 2 is 0.821 bits per heavy atom. The fourth-order valence-corrected chi connectivity index (χ4v) is 10.6. The zero-order valence-corrected chi connectivity index (χ0v) is 31.5. The van der Waals surface area contributed by atoms with Gasteiger partial charge in [0.25, 0.3) is 0 Å². The van der Waals surface area contributed by atoms with Gasteiger partial charge in [-0.25, -0.2) is 0 Å². The van der Waals surface area contributed by atoms with Crippen molar-refractivity contribution in [1.82, 2.24) is 0 Å². The number of nitrogens with zero attached hydrogens (tertiary/aromatic N) is 2. The van der Waals surface area contributed by atoms with Crippen LogP contribution in [0.5, 0.6) is 0 Å². The number of thiophene rings is 2. The summed E-state index contributed by atoms with van der Waals surface area (Å²) in [5, 5.41) is 8.28. The first-order valence-electron chi connectivity index (χ1n) is 18.7. The van der Waals surface area contributed by atoms with Crippen LogP contribution in [-0.2, 0) is 0 Å². The van der Waals surface area contributed by atoms with Crippen molar-refractivity contribution >= 4 is 130 Å². The van der Waals surface area contributed by atoms with Crippen LogP contribution in [0.2, 0.25) is 0 Å². The van der Waals surface area contributed by atoms with E-state index in [0.717, 1.165) is 77.3 Å². The van der Waals surface area contributed by atoms with Gasteiger partial charge in [-0.2, -0.15) is 0 Å². The second-order valence-electron chi connectivity index (χ2n) is 14.1. The van der Waals surface area contributed by atoms with Crippen LogP contribution in [-0.4, -0.2) is 0 Å². The molecule has 0 spiro atoms. The maximum absolute atomic E-state index is 6.60. The zero-order valence-electron chi connectivity index (χ0n) is 29.8. The quantitative estimate of drug-likeness (QED) is 0.169. The first-order valence-corrected chi connectivity index (χ1v) is 20.3. The Balaban J connectivity index is 0.993. The van der Waals surface area contributed by atoms with Gasteiger partial charge in [-0.05, 0) is 91.0 Å². The van der Waals surface area contributed by atoms with E-state index in [4.69, 9.17) is 8.83 Å². The molecule has 4 aromatic heterocycles. The fraction of sp³-hybridized carbons (Fsp3) is 0. The van der Waals surface area contributed by atoms with Crippen LogP contribution in [0.3, 0.4) is 0 Å². The molecule has 0 bridgehead atoms. The van der Waals surface area contributed by atoms with E-state index < -0.39 is 0 Å². The highest BCUT2D eigenvalue weighted by Crippen LogP contribution is 2.47. The van der Waals surface area contributed by atoms with Gasteiger partial charge in [0.15, 0.2) is 4.90 Å². The first-order chi connectivity index (χ1) is 27.7. The maximum Gasteiger partial charge on any atom is 0.190 e. The Hall–Kier alpha value is -6.86. The van der Waals surface area contributed by atoms with Gasteiger partial charge >= 0.3 is 0 Å². The van der Waals surface area contributed by atoms with Crippen molar-refractivity contribution in [3.8, 4) is 0 Å². The minimum atomic E-state index is 0.870. The molecule has 0 amide bonds. The third-order valence-corrected chi connectivity index (χ3v) is 13.0. The van der Waals surface area contributed by atoms with Crippen LogP contribution >= 0.6 is 22.7 Å². The van der Waals surface area contributed by atoms with Crippen molar-refractivity contribution in [2.45, 2.75) is 0 Å². The van der Waals surface area contributed by atoms with E-state index in [1.54, 1.807) is 11.3 Å². The Bertz CT molecular complexity index is 3450. The molecule has 0 aliphatic rings. The third kappa shape index (κ3) is 4.90. The Morgan fingerprint density at radius 1 is 0.304 bits per heavy atom. The van der Waals surface area contributed by atoms with Crippen LogP contribution in [0.25, 0.3) is 73.4 Å². The molecule has 12 aromatic rings. The third-order valence-electron chi connectivity index (χ3n) is 10.9. The lowest BCUT2D eigenvalue weighted by atomic mass is 10.1. The number of furan rings is 2. The van der Waals surface area contributed by atoms with Gasteiger partial charge in [-0.15, -0.1) is 11.3 Å². The zero-order chi connectivity index (χ0) is 36.7. The lowest BCUT2D eigenvalue weighted by Gasteiger charge is -2.25. The van der Waals surface area contributed by atoms with E-state index in [1.807, 2.05) is 23.5 Å². The van der Waals surface area contributed by atoms with E-state index in [2.05, 4.69) is 180 Å². The molecule has 0 radical (unpaired) electrons. The SMILES string of the molecule is c1ccc(N(c2ccc3c(c2)oc2ccccc23)c2ccc3c(c2)sc2oc4ccc(N(c5ccccc5)c5ccc6c(c5)sc5ccccc56)cc4c23)cc1. The molecule has 0 atom stereocenters. The molecule has 0 saturated heterocycles. The molecule has 0 aliphatic carbocycles. The van der Waals surface area contributed by atoms with Crippen LogP contribution in [0.15, 0.2) is 191 Å². The van der Waals surface area contributed by atoms with Crippen LogP contribution < -0.4 is 9.80 Å². The molecule has 0 N–H and O–H groups in total. The Kier molecular flexibility index (Phi) is 6.93. The molecule has 8 aromatic carbocycles. The molecular formula is C50H30N2O2S2. The normalized spacial score (nSPS) is 11.9. The summed E-state index contributed by atoms with van der Waals surface area (Å²) >= 11 is 3.55. The van der Waals surface area contributed by atoms with Gasteiger partial charge in [-0.3, -0.25) is 0 Å². The molecule has 56 heavy (non-hydrogen) atoms. The van der Waals surface area contributed by atoms with Gasteiger partial charge in [0.05, 0.1) is 0 Å². The molecule has 0 aliphatic heterocycles. The van der Waals surface area contributed by atoms with E-state index in [9.17, 15) is 0 Å². The summed E-state index contributed by atoms with van der Waals surface area (Å²) in [5.74, 6) is 0. The van der Waals surface area contributed by atoms with Gasteiger partial charge in [-0.1, -0.05) is 96.3 Å². The number of hydrogen-bond donors (Lipinski definition) is 0. The average Bonchev–Trinajstić information content (AvgIpc) is 4.00. The molecule has 0 saturated carbocycles. The standard InChI is InChI=1S/C50H30N2O2S2/c1-3-11-31(12-4-1)51(35-20-24-40-39-16-8-10-18-46(39)55-47(40)29-35)33-22-26-44-42(27-33)49-41-25-21-36(30-48(41)56-50(49)54-44)52(32-13-5-2-6-14-32)34-19-23-38-37-15-7-9-17-43(37)53-45(38)28-34/h1-30H. The van der Waals surface area contributed by atoms with E-state index in [1.165, 1.54) is 30.3 Å². The van der Waals surface area contributed by atoms with Gasteiger partial charge in [0, 0.05) is 92.0 Å². The monoisotopic (exact) mass is 754 g/mol. The average molecular weight is 755 g/mol. The number of para-hydroxylation sites is 3. The number of anilines is 6. The number of fused-ring (bicyclic) bond motifs is 11. The molecule has 4 heterocycles. The smallest absolute Gasteiger partial charge is 0.190 e. The van der Waals surface area contributed by atoms with Crippen molar-refractivity contribution in [2.24, 2.45) is 0 Å². The largest absolute Gasteiger partial charge is 0.456 e. The lowest BCUT2D eigenvalue weighted by molar-refractivity contribution is 0.669. The van der Waals surface area contributed by atoms with Crippen molar-refractivity contribution in [2.75, 3.05) is 9.80 Å². The minimum absolute atomic E-state index is 0.870. The van der Waals surface area contributed by atoms with E-state index >= 15 is 0 Å². The Labute approximate surface area is 329 Å². The summed E-state index contributed by atoms with van der Waals surface area (Å²) in [6.07, 6.45) is 0. The number of rotatable bonds is 6. The topological polar surface area (TPSA) is 32.8 Å². The number of benzene rings is 8. The first kappa shape index (κ1) is 31.5. The Morgan fingerprint density at radius 3 is 1.57 bits per heavy atom. The summed E-state index contributed by atoms with van der Waals surface area (Å²) in [6.45, 7) is 0. The summed E-state index contributed by atoms with van der Waals surface area (Å²) in [6, 6.07) is 64.8. The van der Waals surface area contributed by atoms with Gasteiger partial charge in [0.1, 0.15) is 16.7 Å². The van der Waals surface area contributed by atoms with Crippen LogP contribution in [0.1, 0.15) is 0 Å². The van der Waals surface area contributed by atoms with Crippen molar-refractivity contribution in [3.05, 3.63) is 182 Å². The second-order valence-corrected chi connectivity index (χ2v) is 16.2. The van der Waals surface area contributed by atoms with Crippen molar-refractivity contribution in [3.63, 3.8) is 0 Å². The van der Waals surface area contributed by atoms with E-state index in [-0.39, 0.29) is 0 Å². The summed E-state index contributed by atoms with van der Waals surface area (Å²) < 4.78 is 16.7. The minimum Gasteiger partial charge on any atom is -0.456 e. The van der Waals surface area contributed by atoms with Crippen LogP contribution in [0.4, 0.5) is 34.1 Å². The highest BCUT2D eigenvalue weighted by Gasteiger charge is 2.21. The molecule has 4 nitrogen and oxygen atoms in total. The summed E-state index contributed by atoms with van der Waals surface area (Å²) in [7, 11) is 0. The highest BCUT2D eigenvalue weighted by atomic mass is 32.1. The predicted octanol–water partition coefficient (Wildman–Crippen LogP) is 16.0. The van der Waals surface area contributed by atoms with Gasteiger partial charge < -0.3 is 18.6 Å². The molecule has 12 rings (SSSR count). The molecule has 0 unspecified atom stereocenters. The summed E-state index contributed by atoms with van der Waals surface area (Å²) in [5.41, 5.74) is 9.14. The predicted molar refractivity (Wildman–Crippen MR) is 239 cm³/mol. The number of hydrogen-bond acceptors (Lipinski definition) is 6. The van der Waals surface area contributed by atoms with E-state index in [0.29, 0.717) is 0 Å². The van der Waals surface area contributed by atoms with Crippen LogP contribution in [0, 0.1) is 0 Å². The summed E-state index contributed by atoms with van der Waals surface area (Å²) in [4.78, 5) is 5.58. The van der Waals surface area contributed by atoms with Crippen molar-refractivity contribution < 1.29 is 8.83 Å². The molecule has 6 heteroatoms. The lowest BCUT2D eigenvalue weighted by Crippen LogP contribution is -2.09. The molecule has 264 valence electrons. The molecule has 0 fully saturated rings. The molecular weight excluding hydrogens is 725 g/mol. The van der Waals surface area contributed by atoms with Crippen molar-refractivity contribution in [1.29, 1.82) is 0 Å². The second kappa shape index (κ2) is 12.3. The van der Waals surface area contributed by atoms with Gasteiger partial charge in [0.2, 0.25) is 0 Å². The highest BCUT2D eigenvalue weighted by molar-refractivity contribution is 7.26. The maximum atomic E-state index is 6.60.